The highest BCUT2D eigenvalue weighted by Crippen LogP contribution is 2.23. The number of hydrogen-bond donors (Lipinski definition) is 1. The van der Waals surface area contributed by atoms with Crippen molar-refractivity contribution in [1.29, 1.82) is 0 Å². The first kappa shape index (κ1) is 14.1. The van der Waals surface area contributed by atoms with Crippen LogP contribution in [0.5, 0.6) is 0 Å². The second-order valence-corrected chi connectivity index (χ2v) is 5.43. The van der Waals surface area contributed by atoms with Crippen LogP contribution in [-0.4, -0.2) is 22.2 Å². The molecule has 19 heavy (non-hydrogen) atoms. The minimum atomic E-state index is -0.140. The number of rotatable bonds is 4. The van der Waals surface area contributed by atoms with Gasteiger partial charge in [0.15, 0.2) is 0 Å². The lowest BCUT2D eigenvalue weighted by atomic mass is 10.2. The fraction of sp³-hybridized carbons (Fsp3) is 0.231. The van der Waals surface area contributed by atoms with Crippen LogP contribution in [0.3, 0.4) is 0 Å². The molecule has 1 aromatic heterocycles. The van der Waals surface area contributed by atoms with Gasteiger partial charge < -0.3 is 5.32 Å². The number of halogens is 2. The second kappa shape index (κ2) is 6.21. The Morgan fingerprint density at radius 2 is 2.32 bits per heavy atom. The van der Waals surface area contributed by atoms with Gasteiger partial charge >= 0.3 is 0 Å². The number of aryl methyl sites for hydroxylation is 1. The van der Waals surface area contributed by atoms with E-state index >= 15 is 0 Å². The molecule has 0 saturated carbocycles. The Morgan fingerprint density at radius 3 is 2.95 bits per heavy atom. The third kappa shape index (κ3) is 3.81. The van der Waals surface area contributed by atoms with E-state index in [9.17, 15) is 4.79 Å². The standard InChI is InChI=1S/C13H13BrClN3O/c1-9-7-17-18(8-9)5-4-16-13(19)10-2-3-11(14)12(15)6-10/h2-3,6-8H,4-5H2,1H3,(H,16,19). The van der Waals surface area contributed by atoms with Crippen LogP contribution in [0.2, 0.25) is 5.02 Å². The number of amides is 1. The van der Waals surface area contributed by atoms with Gasteiger partial charge in [0.1, 0.15) is 0 Å². The number of nitrogens with one attached hydrogen (secondary N) is 1. The number of nitrogens with zero attached hydrogens (tertiary/aromatic N) is 2. The maximum Gasteiger partial charge on any atom is 0.251 e. The lowest BCUT2D eigenvalue weighted by Gasteiger charge is -2.06. The van der Waals surface area contributed by atoms with Crippen molar-refractivity contribution in [2.24, 2.45) is 0 Å². The van der Waals surface area contributed by atoms with Gasteiger partial charge in [-0.25, -0.2) is 0 Å². The van der Waals surface area contributed by atoms with Crippen LogP contribution in [0.25, 0.3) is 0 Å². The Balaban J connectivity index is 1.89. The average molecular weight is 343 g/mol. The van der Waals surface area contributed by atoms with Crippen molar-refractivity contribution in [2.45, 2.75) is 13.5 Å². The van der Waals surface area contributed by atoms with Crippen LogP contribution >= 0.6 is 27.5 Å². The molecule has 0 bridgehead atoms. The van der Waals surface area contributed by atoms with Gasteiger partial charge in [0, 0.05) is 22.8 Å². The maximum atomic E-state index is 11.9. The molecule has 1 amide bonds. The van der Waals surface area contributed by atoms with Gasteiger partial charge in [-0.3, -0.25) is 9.48 Å². The summed E-state index contributed by atoms with van der Waals surface area (Å²) in [5.74, 6) is -0.140. The van der Waals surface area contributed by atoms with Crippen molar-refractivity contribution in [3.63, 3.8) is 0 Å². The van der Waals surface area contributed by atoms with Crippen molar-refractivity contribution in [3.8, 4) is 0 Å². The van der Waals surface area contributed by atoms with Gasteiger partial charge in [-0.05, 0) is 46.6 Å². The highest BCUT2D eigenvalue weighted by Gasteiger charge is 2.07. The van der Waals surface area contributed by atoms with Crippen LogP contribution in [0, 0.1) is 6.92 Å². The zero-order chi connectivity index (χ0) is 13.8. The van der Waals surface area contributed by atoms with Gasteiger partial charge in [0.25, 0.3) is 5.91 Å². The molecule has 6 heteroatoms. The van der Waals surface area contributed by atoms with E-state index in [4.69, 9.17) is 11.6 Å². The Kier molecular flexibility index (Phi) is 4.61. The zero-order valence-corrected chi connectivity index (χ0v) is 12.7. The molecule has 100 valence electrons. The summed E-state index contributed by atoms with van der Waals surface area (Å²) in [6.45, 7) is 3.14. The number of carbonyl (C=O) groups excluding carboxylic acids is 1. The Bertz CT molecular complexity index is 597. The summed E-state index contributed by atoms with van der Waals surface area (Å²) in [5, 5.41) is 7.50. The second-order valence-electron chi connectivity index (χ2n) is 4.17. The molecular weight excluding hydrogens is 330 g/mol. The molecule has 0 aliphatic carbocycles. The van der Waals surface area contributed by atoms with Crippen molar-refractivity contribution in [1.82, 2.24) is 15.1 Å². The monoisotopic (exact) mass is 341 g/mol. The molecule has 0 spiro atoms. The van der Waals surface area contributed by atoms with E-state index in [1.165, 1.54) is 0 Å². The van der Waals surface area contributed by atoms with Crippen molar-refractivity contribution in [2.75, 3.05) is 6.54 Å². The minimum Gasteiger partial charge on any atom is -0.350 e. The fourth-order valence-electron chi connectivity index (χ4n) is 1.61. The van der Waals surface area contributed by atoms with Gasteiger partial charge in [-0.15, -0.1) is 0 Å². The predicted octanol–water partition coefficient (Wildman–Crippen LogP) is 3.04. The van der Waals surface area contributed by atoms with E-state index in [-0.39, 0.29) is 5.91 Å². The summed E-state index contributed by atoms with van der Waals surface area (Å²) in [4.78, 5) is 11.9. The molecule has 1 aromatic carbocycles. The molecule has 0 unspecified atom stereocenters. The molecule has 0 atom stereocenters. The Hall–Kier alpha value is -1.33. The van der Waals surface area contributed by atoms with Crippen LogP contribution in [0.1, 0.15) is 15.9 Å². The topological polar surface area (TPSA) is 46.9 Å². The largest absolute Gasteiger partial charge is 0.350 e. The van der Waals surface area contributed by atoms with E-state index in [1.54, 1.807) is 29.1 Å². The van der Waals surface area contributed by atoms with E-state index in [2.05, 4.69) is 26.3 Å². The highest BCUT2D eigenvalue weighted by atomic mass is 79.9. The van der Waals surface area contributed by atoms with Gasteiger partial charge in [0.2, 0.25) is 0 Å². The lowest BCUT2D eigenvalue weighted by molar-refractivity contribution is 0.0952. The molecule has 4 nitrogen and oxygen atoms in total. The molecular formula is C13H13BrClN3O. The molecule has 0 aliphatic heterocycles. The van der Waals surface area contributed by atoms with Crippen molar-refractivity contribution < 1.29 is 4.79 Å². The smallest absolute Gasteiger partial charge is 0.251 e. The van der Waals surface area contributed by atoms with E-state index in [0.717, 1.165) is 10.0 Å². The molecule has 0 radical (unpaired) electrons. The fourth-order valence-corrected chi connectivity index (χ4v) is 2.04. The van der Waals surface area contributed by atoms with Crippen molar-refractivity contribution in [3.05, 3.63) is 51.2 Å². The molecule has 0 fully saturated rings. The van der Waals surface area contributed by atoms with Gasteiger partial charge in [0.05, 0.1) is 17.8 Å². The first-order chi connectivity index (χ1) is 9.06. The van der Waals surface area contributed by atoms with Crippen LogP contribution in [-0.2, 0) is 6.54 Å². The summed E-state index contributed by atoms with van der Waals surface area (Å²) in [7, 11) is 0. The van der Waals surface area contributed by atoms with E-state index < -0.39 is 0 Å². The zero-order valence-electron chi connectivity index (χ0n) is 10.4. The summed E-state index contributed by atoms with van der Waals surface area (Å²) in [6, 6.07) is 5.12. The first-order valence-corrected chi connectivity index (χ1v) is 6.95. The first-order valence-electron chi connectivity index (χ1n) is 5.78. The summed E-state index contributed by atoms with van der Waals surface area (Å²) >= 11 is 9.24. The third-order valence-corrected chi connectivity index (χ3v) is 3.80. The number of benzene rings is 1. The van der Waals surface area contributed by atoms with Gasteiger partial charge in [-0.1, -0.05) is 11.6 Å². The maximum absolute atomic E-state index is 11.9. The van der Waals surface area contributed by atoms with Crippen LogP contribution in [0.15, 0.2) is 35.1 Å². The summed E-state index contributed by atoms with van der Waals surface area (Å²) < 4.78 is 2.57. The normalized spacial score (nSPS) is 10.5. The van der Waals surface area contributed by atoms with Crippen LogP contribution in [0.4, 0.5) is 0 Å². The van der Waals surface area contributed by atoms with Crippen LogP contribution < -0.4 is 5.32 Å². The SMILES string of the molecule is Cc1cnn(CCNC(=O)c2ccc(Br)c(Cl)c2)c1. The Labute approximate surface area is 124 Å². The molecule has 0 saturated heterocycles. The highest BCUT2D eigenvalue weighted by molar-refractivity contribution is 9.10. The number of hydrogen-bond acceptors (Lipinski definition) is 2. The minimum absolute atomic E-state index is 0.140. The summed E-state index contributed by atoms with van der Waals surface area (Å²) in [5.41, 5.74) is 1.65. The molecule has 1 heterocycles. The molecule has 1 N–H and O–H groups in total. The quantitative estimate of drug-likeness (QED) is 0.928. The Morgan fingerprint density at radius 1 is 1.53 bits per heavy atom. The van der Waals surface area contributed by atoms with Crippen molar-refractivity contribution >= 4 is 33.4 Å². The summed E-state index contributed by atoms with van der Waals surface area (Å²) in [6.07, 6.45) is 3.72. The van der Waals surface area contributed by atoms with Gasteiger partial charge in [-0.2, -0.15) is 5.10 Å². The number of carbonyl (C=O) groups is 1. The molecule has 0 aliphatic rings. The lowest BCUT2D eigenvalue weighted by Crippen LogP contribution is -2.27. The average Bonchev–Trinajstić information content (AvgIpc) is 2.78. The molecule has 2 rings (SSSR count). The predicted molar refractivity (Wildman–Crippen MR) is 78.4 cm³/mol. The van der Waals surface area contributed by atoms with E-state index in [0.29, 0.717) is 23.7 Å². The molecule has 2 aromatic rings. The number of aromatic nitrogens is 2. The third-order valence-electron chi connectivity index (χ3n) is 2.57. The van der Waals surface area contributed by atoms with E-state index in [1.807, 2.05) is 13.1 Å².